The lowest BCUT2D eigenvalue weighted by Crippen LogP contribution is -2.32. The molecule has 1 aromatic carbocycles. The monoisotopic (exact) mass is 276 g/mol. The number of halogens is 1. The number of para-hydroxylation sites is 1. The molecule has 20 heavy (non-hydrogen) atoms. The third-order valence-electron chi connectivity index (χ3n) is 5.06. The molecule has 3 heteroatoms. The summed E-state index contributed by atoms with van der Waals surface area (Å²) in [5.41, 5.74) is 7.64. The zero-order valence-corrected chi connectivity index (χ0v) is 12.7. The highest BCUT2D eigenvalue weighted by atomic mass is 19.1. The molecule has 3 atom stereocenters. The molecule has 0 bridgehead atoms. The highest BCUT2D eigenvalue weighted by Gasteiger charge is 2.58. The molecule has 0 amide bonds. The Bertz CT molecular complexity index is 526. The summed E-state index contributed by atoms with van der Waals surface area (Å²) in [6.07, 6.45) is 5.04. The minimum Gasteiger partial charge on any atom is -0.395 e. The molecule has 2 aliphatic rings. The van der Waals surface area contributed by atoms with Crippen LogP contribution in [0.4, 0.5) is 15.8 Å². The fourth-order valence-corrected chi connectivity index (χ4v) is 4.63. The molecule has 1 unspecified atom stereocenters. The van der Waals surface area contributed by atoms with Crippen LogP contribution < -0.4 is 11.1 Å². The summed E-state index contributed by atoms with van der Waals surface area (Å²) < 4.78 is 13.5. The van der Waals surface area contributed by atoms with E-state index in [0.717, 1.165) is 11.6 Å². The molecule has 0 aliphatic heterocycles. The van der Waals surface area contributed by atoms with Crippen molar-refractivity contribution in [3.8, 4) is 0 Å². The van der Waals surface area contributed by atoms with Gasteiger partial charge in [-0.05, 0) is 54.6 Å². The van der Waals surface area contributed by atoms with Gasteiger partial charge in [-0.3, -0.25) is 0 Å². The van der Waals surface area contributed by atoms with Gasteiger partial charge < -0.3 is 11.1 Å². The van der Waals surface area contributed by atoms with E-state index in [4.69, 9.17) is 5.73 Å². The molecule has 0 aromatic heterocycles. The first-order chi connectivity index (χ1) is 9.31. The van der Waals surface area contributed by atoms with Crippen molar-refractivity contribution in [2.24, 2.45) is 16.7 Å². The van der Waals surface area contributed by atoms with E-state index < -0.39 is 0 Å². The van der Waals surface area contributed by atoms with Crippen LogP contribution in [-0.4, -0.2) is 6.04 Å². The van der Waals surface area contributed by atoms with Gasteiger partial charge in [-0.2, -0.15) is 0 Å². The molecule has 2 fully saturated rings. The molecular formula is C17H25FN2. The summed E-state index contributed by atoms with van der Waals surface area (Å²) >= 11 is 0. The summed E-state index contributed by atoms with van der Waals surface area (Å²) in [7, 11) is 0. The molecular weight excluding hydrogens is 251 g/mol. The van der Waals surface area contributed by atoms with Crippen molar-refractivity contribution < 1.29 is 4.39 Å². The van der Waals surface area contributed by atoms with Gasteiger partial charge >= 0.3 is 0 Å². The maximum atomic E-state index is 13.5. The lowest BCUT2D eigenvalue weighted by molar-refractivity contribution is 0.116. The minimum absolute atomic E-state index is 0.248. The molecule has 0 heterocycles. The van der Waals surface area contributed by atoms with E-state index in [1.165, 1.54) is 31.7 Å². The van der Waals surface area contributed by atoms with Crippen LogP contribution in [0.1, 0.15) is 46.5 Å². The van der Waals surface area contributed by atoms with Gasteiger partial charge in [0.2, 0.25) is 0 Å². The van der Waals surface area contributed by atoms with Crippen molar-refractivity contribution in [1.82, 2.24) is 0 Å². The Balaban J connectivity index is 1.74. The van der Waals surface area contributed by atoms with E-state index in [-0.39, 0.29) is 11.5 Å². The molecule has 3 rings (SSSR count). The molecule has 2 saturated carbocycles. The molecule has 0 radical (unpaired) electrons. The molecule has 2 nitrogen and oxygen atoms in total. The van der Waals surface area contributed by atoms with Crippen LogP contribution >= 0.6 is 0 Å². The third-order valence-corrected chi connectivity index (χ3v) is 5.06. The van der Waals surface area contributed by atoms with Crippen LogP contribution in [0, 0.1) is 22.6 Å². The SMILES string of the molecule is C[C@@H]1CC(C)(C)CC2(C1)C[C@H]2Nc1cccc(F)c1N. The zero-order chi connectivity index (χ0) is 14.5. The molecule has 2 aliphatic carbocycles. The number of benzene rings is 1. The number of nitrogens with one attached hydrogen (secondary N) is 1. The van der Waals surface area contributed by atoms with E-state index >= 15 is 0 Å². The second kappa shape index (κ2) is 4.37. The van der Waals surface area contributed by atoms with Gasteiger partial charge in [-0.1, -0.05) is 26.8 Å². The van der Waals surface area contributed by atoms with Crippen molar-refractivity contribution >= 4 is 11.4 Å². The number of hydrogen-bond donors (Lipinski definition) is 2. The van der Waals surface area contributed by atoms with E-state index in [1.807, 2.05) is 6.07 Å². The summed E-state index contributed by atoms with van der Waals surface area (Å²) in [5.74, 6) is 0.442. The van der Waals surface area contributed by atoms with Gasteiger partial charge in [0, 0.05) is 6.04 Å². The lowest BCUT2D eigenvalue weighted by Gasteiger charge is -2.40. The maximum absolute atomic E-state index is 13.5. The van der Waals surface area contributed by atoms with Crippen molar-refractivity contribution in [2.75, 3.05) is 11.1 Å². The fourth-order valence-electron chi connectivity index (χ4n) is 4.63. The molecule has 110 valence electrons. The average molecular weight is 276 g/mol. The summed E-state index contributed by atoms with van der Waals surface area (Å²) in [5, 5.41) is 3.48. The van der Waals surface area contributed by atoms with Crippen molar-refractivity contribution in [1.29, 1.82) is 0 Å². The Hall–Kier alpha value is -1.25. The molecule has 1 spiro atoms. The quantitative estimate of drug-likeness (QED) is 0.784. The standard InChI is InChI=1S/C17H25FN2/c1-11-7-16(2,3)10-17(8-11)9-14(17)20-13-6-4-5-12(18)15(13)19/h4-6,11,14,20H,7-10,19H2,1-3H3/t11-,14-,17?/m1/s1. The van der Waals surface area contributed by atoms with E-state index in [9.17, 15) is 4.39 Å². The van der Waals surface area contributed by atoms with E-state index in [2.05, 4.69) is 26.1 Å². The molecule has 3 N–H and O–H groups in total. The number of hydrogen-bond acceptors (Lipinski definition) is 2. The minimum atomic E-state index is -0.331. The first-order valence-electron chi connectivity index (χ1n) is 7.62. The lowest BCUT2D eigenvalue weighted by atomic mass is 9.66. The van der Waals surface area contributed by atoms with Gasteiger partial charge in [0.15, 0.2) is 0 Å². The largest absolute Gasteiger partial charge is 0.395 e. The number of rotatable bonds is 2. The Morgan fingerprint density at radius 3 is 2.70 bits per heavy atom. The molecule has 0 saturated heterocycles. The Kier molecular flexibility index (Phi) is 3.00. The second-order valence-corrected chi connectivity index (χ2v) is 7.82. The third kappa shape index (κ3) is 2.38. The van der Waals surface area contributed by atoms with Gasteiger partial charge in [0.25, 0.3) is 0 Å². The number of nitrogen functional groups attached to an aromatic ring is 1. The Labute approximate surface area is 120 Å². The van der Waals surface area contributed by atoms with E-state index in [0.29, 0.717) is 16.9 Å². The number of anilines is 2. The highest BCUT2D eigenvalue weighted by molar-refractivity contribution is 5.67. The first-order valence-corrected chi connectivity index (χ1v) is 7.62. The first kappa shape index (κ1) is 13.7. The van der Waals surface area contributed by atoms with Crippen LogP contribution in [0.3, 0.4) is 0 Å². The maximum Gasteiger partial charge on any atom is 0.148 e. The summed E-state index contributed by atoms with van der Waals surface area (Å²) in [4.78, 5) is 0. The number of nitrogens with two attached hydrogens (primary N) is 1. The topological polar surface area (TPSA) is 38.0 Å². The van der Waals surface area contributed by atoms with Crippen molar-refractivity contribution in [3.05, 3.63) is 24.0 Å². The summed E-state index contributed by atoms with van der Waals surface area (Å²) in [6, 6.07) is 5.46. The van der Waals surface area contributed by atoms with Crippen LogP contribution in [0.5, 0.6) is 0 Å². The normalized spacial score (nSPS) is 35.0. The van der Waals surface area contributed by atoms with Gasteiger partial charge in [-0.25, -0.2) is 4.39 Å². The van der Waals surface area contributed by atoms with Crippen LogP contribution in [-0.2, 0) is 0 Å². The van der Waals surface area contributed by atoms with Crippen LogP contribution in [0.15, 0.2) is 18.2 Å². The second-order valence-electron chi connectivity index (χ2n) is 7.82. The van der Waals surface area contributed by atoms with Gasteiger partial charge in [0.05, 0.1) is 11.4 Å². The molecule has 1 aromatic rings. The van der Waals surface area contributed by atoms with E-state index in [1.54, 1.807) is 6.07 Å². The highest BCUT2D eigenvalue weighted by Crippen LogP contribution is 2.63. The summed E-state index contributed by atoms with van der Waals surface area (Å²) in [6.45, 7) is 7.10. The average Bonchev–Trinajstić information content (AvgIpc) is 2.93. The Morgan fingerprint density at radius 1 is 1.25 bits per heavy atom. The van der Waals surface area contributed by atoms with Crippen LogP contribution in [0.2, 0.25) is 0 Å². The zero-order valence-electron chi connectivity index (χ0n) is 12.7. The smallest absolute Gasteiger partial charge is 0.148 e. The Morgan fingerprint density at radius 2 is 2.00 bits per heavy atom. The van der Waals surface area contributed by atoms with Gasteiger partial charge in [0.1, 0.15) is 5.82 Å². The predicted molar refractivity (Wildman–Crippen MR) is 82.1 cm³/mol. The van der Waals surface area contributed by atoms with Crippen molar-refractivity contribution in [3.63, 3.8) is 0 Å². The van der Waals surface area contributed by atoms with Crippen molar-refractivity contribution in [2.45, 2.75) is 52.5 Å². The fraction of sp³-hybridized carbons (Fsp3) is 0.647. The predicted octanol–water partition coefficient (Wildman–Crippen LogP) is 4.42. The van der Waals surface area contributed by atoms with Gasteiger partial charge in [-0.15, -0.1) is 0 Å². The van der Waals surface area contributed by atoms with Crippen LogP contribution in [0.25, 0.3) is 0 Å².